The van der Waals surface area contributed by atoms with Crippen LogP contribution in [-0.2, 0) is 12.8 Å². The summed E-state index contributed by atoms with van der Waals surface area (Å²) < 4.78 is 5.55. The van der Waals surface area contributed by atoms with Crippen LogP contribution in [0.2, 0.25) is 0 Å². The molecule has 18 heavy (non-hydrogen) atoms. The maximum atomic E-state index is 5.55. The largest absolute Gasteiger partial charge is 0.492 e. The normalized spacial score (nSPS) is 13.6. The minimum Gasteiger partial charge on any atom is -0.492 e. The summed E-state index contributed by atoms with van der Waals surface area (Å²) in [6.45, 7) is 1.09. The van der Waals surface area contributed by atoms with Gasteiger partial charge in [0.25, 0.3) is 0 Å². The Morgan fingerprint density at radius 3 is 3.11 bits per heavy atom. The van der Waals surface area contributed by atoms with Crippen molar-refractivity contribution >= 4 is 11.3 Å². The summed E-state index contributed by atoms with van der Waals surface area (Å²) in [5.41, 5.74) is 7.88. The first kappa shape index (κ1) is 11.7. The van der Waals surface area contributed by atoms with Gasteiger partial charge in [-0.05, 0) is 31.4 Å². The Labute approximate surface area is 111 Å². The molecule has 1 aliphatic rings. The highest BCUT2D eigenvalue weighted by molar-refractivity contribution is 7.15. The van der Waals surface area contributed by atoms with Crippen LogP contribution in [0.5, 0.6) is 5.75 Å². The number of nitrogens with two attached hydrogens (primary N) is 1. The number of benzene rings is 1. The molecule has 3 nitrogen and oxygen atoms in total. The van der Waals surface area contributed by atoms with Crippen molar-refractivity contribution in [3.05, 3.63) is 34.8 Å². The Bertz CT molecular complexity index is 529. The highest BCUT2D eigenvalue weighted by Gasteiger charge is 2.17. The summed E-state index contributed by atoms with van der Waals surface area (Å²) in [5, 5.41) is 1.11. The van der Waals surface area contributed by atoms with Gasteiger partial charge in [-0.1, -0.05) is 12.1 Å². The molecule has 0 unspecified atom stereocenters. The van der Waals surface area contributed by atoms with Gasteiger partial charge in [0.15, 0.2) is 0 Å². The van der Waals surface area contributed by atoms with E-state index < -0.39 is 0 Å². The van der Waals surface area contributed by atoms with Crippen molar-refractivity contribution in [2.45, 2.75) is 19.3 Å². The van der Waals surface area contributed by atoms with Crippen molar-refractivity contribution in [3.63, 3.8) is 0 Å². The molecular formula is C14H16N2OS. The summed E-state index contributed by atoms with van der Waals surface area (Å²) in [5.74, 6) is 0.869. The standard InChI is InChI=1S/C14H16N2OS/c15-7-8-17-11-4-1-3-10(9-11)14-16-12-5-2-6-13(12)18-14/h1,3-4,9H,2,5-8,15H2. The van der Waals surface area contributed by atoms with Crippen LogP contribution in [0.25, 0.3) is 10.6 Å². The zero-order valence-corrected chi connectivity index (χ0v) is 11.0. The smallest absolute Gasteiger partial charge is 0.124 e. The topological polar surface area (TPSA) is 48.1 Å². The number of hydrogen-bond acceptors (Lipinski definition) is 4. The zero-order chi connectivity index (χ0) is 12.4. The first-order valence-electron chi connectivity index (χ1n) is 6.28. The van der Waals surface area contributed by atoms with Crippen molar-refractivity contribution in [3.8, 4) is 16.3 Å². The first-order chi connectivity index (χ1) is 8.86. The fourth-order valence-electron chi connectivity index (χ4n) is 2.21. The third-order valence-corrected chi connectivity index (χ3v) is 4.27. The molecule has 1 aliphatic carbocycles. The van der Waals surface area contributed by atoms with Crippen molar-refractivity contribution in [1.82, 2.24) is 4.98 Å². The van der Waals surface area contributed by atoms with Gasteiger partial charge in [-0.2, -0.15) is 0 Å². The maximum absolute atomic E-state index is 5.55. The Kier molecular flexibility index (Phi) is 3.30. The molecule has 1 heterocycles. The Morgan fingerprint density at radius 1 is 1.33 bits per heavy atom. The van der Waals surface area contributed by atoms with Crippen LogP contribution in [0, 0.1) is 0 Å². The van der Waals surface area contributed by atoms with E-state index in [4.69, 9.17) is 15.5 Å². The second-order valence-corrected chi connectivity index (χ2v) is 5.49. The fourth-order valence-corrected chi connectivity index (χ4v) is 3.36. The van der Waals surface area contributed by atoms with Gasteiger partial charge < -0.3 is 10.5 Å². The van der Waals surface area contributed by atoms with E-state index in [2.05, 4.69) is 6.07 Å². The molecule has 0 bridgehead atoms. The number of ether oxygens (including phenoxy) is 1. The maximum Gasteiger partial charge on any atom is 0.124 e. The fraction of sp³-hybridized carbons (Fsp3) is 0.357. The minimum absolute atomic E-state index is 0.537. The second kappa shape index (κ2) is 5.08. The van der Waals surface area contributed by atoms with E-state index in [1.165, 1.54) is 23.4 Å². The number of nitrogens with zero attached hydrogens (tertiary/aromatic N) is 1. The number of thiazole rings is 1. The van der Waals surface area contributed by atoms with Crippen LogP contribution in [0.4, 0.5) is 0 Å². The number of hydrogen-bond donors (Lipinski definition) is 1. The van der Waals surface area contributed by atoms with Gasteiger partial charge in [-0.25, -0.2) is 4.98 Å². The molecule has 0 amide bonds. The zero-order valence-electron chi connectivity index (χ0n) is 10.2. The van der Waals surface area contributed by atoms with Crippen LogP contribution in [-0.4, -0.2) is 18.1 Å². The Morgan fingerprint density at radius 2 is 2.28 bits per heavy atom. The molecule has 0 atom stereocenters. The molecule has 0 spiro atoms. The molecule has 0 saturated heterocycles. The quantitative estimate of drug-likeness (QED) is 0.919. The van der Waals surface area contributed by atoms with E-state index in [1.807, 2.05) is 29.5 Å². The molecule has 1 aromatic carbocycles. The van der Waals surface area contributed by atoms with E-state index in [1.54, 1.807) is 0 Å². The molecule has 3 rings (SSSR count). The van der Waals surface area contributed by atoms with Gasteiger partial charge in [0.2, 0.25) is 0 Å². The van der Waals surface area contributed by atoms with Gasteiger partial charge >= 0.3 is 0 Å². The summed E-state index contributed by atoms with van der Waals surface area (Å²) in [7, 11) is 0. The van der Waals surface area contributed by atoms with E-state index in [0.29, 0.717) is 13.2 Å². The number of rotatable bonds is 4. The van der Waals surface area contributed by atoms with Gasteiger partial charge in [0.05, 0.1) is 5.69 Å². The molecule has 0 radical (unpaired) electrons. The predicted octanol–water partition coefficient (Wildman–Crippen LogP) is 2.64. The molecule has 2 N–H and O–H groups in total. The molecule has 0 saturated carbocycles. The average molecular weight is 260 g/mol. The lowest BCUT2D eigenvalue weighted by Crippen LogP contribution is -2.10. The first-order valence-corrected chi connectivity index (χ1v) is 7.10. The third kappa shape index (κ3) is 2.26. The SMILES string of the molecule is NCCOc1cccc(-c2nc3c(s2)CCC3)c1. The van der Waals surface area contributed by atoms with Crippen molar-refractivity contribution in [2.24, 2.45) is 5.73 Å². The molecule has 0 fully saturated rings. The lowest BCUT2D eigenvalue weighted by molar-refractivity contribution is 0.328. The molecule has 1 aromatic heterocycles. The summed E-state index contributed by atoms with van der Waals surface area (Å²) in [4.78, 5) is 6.18. The van der Waals surface area contributed by atoms with Crippen molar-refractivity contribution < 1.29 is 4.74 Å². The van der Waals surface area contributed by atoms with Gasteiger partial charge in [-0.3, -0.25) is 0 Å². The van der Waals surface area contributed by atoms with E-state index in [9.17, 15) is 0 Å². The van der Waals surface area contributed by atoms with Gasteiger partial charge in [-0.15, -0.1) is 11.3 Å². The summed E-state index contributed by atoms with van der Waals surface area (Å²) >= 11 is 1.82. The lowest BCUT2D eigenvalue weighted by atomic mass is 10.2. The minimum atomic E-state index is 0.537. The third-order valence-electron chi connectivity index (χ3n) is 3.06. The Hall–Kier alpha value is -1.39. The second-order valence-electron chi connectivity index (χ2n) is 4.41. The molecule has 0 aliphatic heterocycles. The van der Waals surface area contributed by atoms with Crippen LogP contribution in [0.3, 0.4) is 0 Å². The highest BCUT2D eigenvalue weighted by atomic mass is 32.1. The molecule has 2 aromatic rings. The number of fused-ring (bicyclic) bond motifs is 1. The van der Waals surface area contributed by atoms with Crippen LogP contribution in [0.15, 0.2) is 24.3 Å². The predicted molar refractivity (Wildman–Crippen MR) is 74.1 cm³/mol. The van der Waals surface area contributed by atoms with E-state index in [0.717, 1.165) is 22.7 Å². The van der Waals surface area contributed by atoms with Crippen molar-refractivity contribution in [2.75, 3.05) is 13.2 Å². The molecule has 94 valence electrons. The van der Waals surface area contributed by atoms with Crippen LogP contribution < -0.4 is 10.5 Å². The van der Waals surface area contributed by atoms with Crippen molar-refractivity contribution in [1.29, 1.82) is 0 Å². The summed E-state index contributed by atoms with van der Waals surface area (Å²) in [6, 6.07) is 8.10. The number of aromatic nitrogens is 1. The van der Waals surface area contributed by atoms with Gasteiger partial charge in [0, 0.05) is 17.0 Å². The van der Waals surface area contributed by atoms with E-state index >= 15 is 0 Å². The molecular weight excluding hydrogens is 244 g/mol. The number of aryl methyl sites for hydroxylation is 2. The van der Waals surface area contributed by atoms with Crippen LogP contribution in [0.1, 0.15) is 17.0 Å². The molecule has 4 heteroatoms. The lowest BCUT2D eigenvalue weighted by Gasteiger charge is -2.05. The monoisotopic (exact) mass is 260 g/mol. The van der Waals surface area contributed by atoms with Gasteiger partial charge in [0.1, 0.15) is 17.4 Å². The van der Waals surface area contributed by atoms with Crippen LogP contribution >= 0.6 is 11.3 Å². The highest BCUT2D eigenvalue weighted by Crippen LogP contribution is 2.34. The average Bonchev–Trinajstić information content (AvgIpc) is 2.97. The van der Waals surface area contributed by atoms with E-state index in [-0.39, 0.29) is 0 Å². The Balaban J connectivity index is 1.86. The summed E-state index contributed by atoms with van der Waals surface area (Å²) in [6.07, 6.45) is 3.58.